The summed E-state index contributed by atoms with van der Waals surface area (Å²) in [5.41, 5.74) is 0.858. The first-order chi connectivity index (χ1) is 11.7. The molecule has 0 aliphatic heterocycles. The number of hydrogen-bond donors (Lipinski definition) is 1. The molecule has 0 fully saturated rings. The van der Waals surface area contributed by atoms with E-state index >= 15 is 0 Å². The van der Waals surface area contributed by atoms with E-state index in [-0.39, 0.29) is 17.0 Å². The molecule has 0 atom stereocenters. The van der Waals surface area contributed by atoms with Crippen molar-refractivity contribution in [1.29, 1.82) is 0 Å². The Balaban J connectivity index is 1.58. The Morgan fingerprint density at radius 2 is 2.25 bits per heavy atom. The lowest BCUT2D eigenvalue weighted by molar-refractivity contribution is 0.0951. The van der Waals surface area contributed by atoms with Crippen LogP contribution in [-0.4, -0.2) is 21.8 Å². The van der Waals surface area contributed by atoms with Crippen molar-refractivity contribution in [3.63, 3.8) is 0 Å². The summed E-state index contributed by atoms with van der Waals surface area (Å²) >= 11 is 1.56. The van der Waals surface area contributed by atoms with E-state index in [1.807, 2.05) is 6.07 Å². The first-order valence-electron chi connectivity index (χ1n) is 8.07. The molecule has 0 saturated carbocycles. The predicted molar refractivity (Wildman–Crippen MR) is 90.7 cm³/mol. The van der Waals surface area contributed by atoms with Gasteiger partial charge in [0.25, 0.3) is 11.5 Å². The van der Waals surface area contributed by atoms with E-state index in [9.17, 15) is 9.59 Å². The van der Waals surface area contributed by atoms with E-state index in [2.05, 4.69) is 10.3 Å². The van der Waals surface area contributed by atoms with Gasteiger partial charge in [0.05, 0.1) is 6.26 Å². The van der Waals surface area contributed by atoms with E-state index in [0.717, 1.165) is 37.1 Å². The molecule has 0 saturated heterocycles. The fourth-order valence-electron chi connectivity index (χ4n) is 3.07. The lowest BCUT2D eigenvalue weighted by Gasteiger charge is -2.10. The van der Waals surface area contributed by atoms with E-state index in [4.69, 9.17) is 4.42 Å². The Hall–Kier alpha value is -2.41. The van der Waals surface area contributed by atoms with Crippen molar-refractivity contribution < 1.29 is 9.21 Å². The van der Waals surface area contributed by atoms with Gasteiger partial charge in [0, 0.05) is 29.7 Å². The highest BCUT2D eigenvalue weighted by molar-refractivity contribution is 7.17. The molecule has 1 aliphatic rings. The lowest BCUT2D eigenvalue weighted by atomic mass is 10.0. The molecule has 1 N–H and O–H groups in total. The van der Waals surface area contributed by atoms with E-state index < -0.39 is 0 Å². The molecule has 0 unspecified atom stereocenters. The smallest absolute Gasteiger partial charge is 0.271 e. The molecule has 1 aliphatic carbocycles. The molecule has 1 amide bonds. The lowest BCUT2D eigenvalue weighted by Crippen LogP contribution is -2.33. The average molecular weight is 343 g/mol. The van der Waals surface area contributed by atoms with E-state index in [1.165, 1.54) is 11.1 Å². The second-order valence-electron chi connectivity index (χ2n) is 5.86. The molecular formula is C17H17N3O3S. The molecule has 0 radical (unpaired) electrons. The minimum Gasteiger partial charge on any atom is -0.469 e. The minimum atomic E-state index is -0.385. The maximum Gasteiger partial charge on any atom is 0.271 e. The number of amides is 1. The van der Waals surface area contributed by atoms with Gasteiger partial charge in [0.15, 0.2) is 4.96 Å². The molecule has 0 bridgehead atoms. The summed E-state index contributed by atoms with van der Waals surface area (Å²) in [5, 5.41) is 2.77. The zero-order valence-electron chi connectivity index (χ0n) is 13.1. The van der Waals surface area contributed by atoms with Crippen LogP contribution in [0.5, 0.6) is 0 Å². The highest BCUT2D eigenvalue weighted by Gasteiger charge is 2.21. The maximum absolute atomic E-state index is 12.7. The molecule has 124 valence electrons. The highest BCUT2D eigenvalue weighted by Crippen LogP contribution is 2.28. The zero-order valence-corrected chi connectivity index (χ0v) is 13.9. The summed E-state index contributed by atoms with van der Waals surface area (Å²) in [6.45, 7) is 0.413. The third-order valence-electron chi connectivity index (χ3n) is 4.28. The van der Waals surface area contributed by atoms with Crippen LogP contribution in [0.4, 0.5) is 0 Å². The number of fused-ring (bicyclic) bond motifs is 3. The van der Waals surface area contributed by atoms with Crippen molar-refractivity contribution >= 4 is 22.2 Å². The van der Waals surface area contributed by atoms with Crippen molar-refractivity contribution in [3.8, 4) is 0 Å². The summed E-state index contributed by atoms with van der Waals surface area (Å²) in [5.74, 6) is 0.414. The number of carbonyl (C=O) groups is 1. The quantitative estimate of drug-likeness (QED) is 0.788. The van der Waals surface area contributed by atoms with Gasteiger partial charge in [-0.2, -0.15) is 0 Å². The molecule has 0 aromatic carbocycles. The largest absolute Gasteiger partial charge is 0.469 e. The Morgan fingerprint density at radius 3 is 3.08 bits per heavy atom. The normalized spacial score (nSPS) is 13.8. The molecule has 3 heterocycles. The number of carbonyl (C=O) groups excluding carboxylic acids is 1. The Labute approximate surface area is 142 Å². The minimum absolute atomic E-state index is 0.0955. The van der Waals surface area contributed by atoms with Crippen LogP contribution in [0.25, 0.3) is 4.96 Å². The van der Waals surface area contributed by atoms with E-state index in [1.54, 1.807) is 28.1 Å². The predicted octanol–water partition coefficient (Wildman–Crippen LogP) is 2.20. The summed E-state index contributed by atoms with van der Waals surface area (Å²) in [4.78, 5) is 31.3. The third-order valence-corrected chi connectivity index (χ3v) is 5.44. The summed E-state index contributed by atoms with van der Waals surface area (Å²) in [6.07, 6.45) is 7.67. The van der Waals surface area contributed by atoms with Gasteiger partial charge in [-0.3, -0.25) is 14.0 Å². The molecule has 3 aromatic heterocycles. The molecule has 0 spiro atoms. The average Bonchev–Trinajstić information content (AvgIpc) is 3.22. The van der Waals surface area contributed by atoms with Crippen LogP contribution in [0.1, 0.15) is 39.5 Å². The number of aromatic nitrogens is 2. The molecule has 3 aromatic rings. The first kappa shape index (κ1) is 15.1. The van der Waals surface area contributed by atoms with Crippen LogP contribution in [-0.2, 0) is 19.3 Å². The highest BCUT2D eigenvalue weighted by atomic mass is 32.1. The van der Waals surface area contributed by atoms with Gasteiger partial charge in [-0.15, -0.1) is 11.3 Å². The number of furan rings is 1. The van der Waals surface area contributed by atoms with Gasteiger partial charge in [-0.05, 0) is 37.8 Å². The third kappa shape index (κ3) is 2.65. The topological polar surface area (TPSA) is 76.6 Å². The second-order valence-corrected chi connectivity index (χ2v) is 6.92. The molecule has 6 nitrogen and oxygen atoms in total. The van der Waals surface area contributed by atoms with Gasteiger partial charge in [0.1, 0.15) is 11.3 Å². The van der Waals surface area contributed by atoms with Crippen molar-refractivity contribution in [2.24, 2.45) is 0 Å². The van der Waals surface area contributed by atoms with Gasteiger partial charge in [-0.1, -0.05) is 0 Å². The number of nitrogens with zero attached hydrogens (tertiary/aromatic N) is 2. The fraction of sp³-hybridized carbons (Fsp3) is 0.353. The molecular weight excluding hydrogens is 326 g/mol. The van der Waals surface area contributed by atoms with Crippen LogP contribution < -0.4 is 10.9 Å². The van der Waals surface area contributed by atoms with Gasteiger partial charge < -0.3 is 9.73 Å². The van der Waals surface area contributed by atoms with Crippen molar-refractivity contribution in [1.82, 2.24) is 14.7 Å². The van der Waals surface area contributed by atoms with Crippen molar-refractivity contribution in [2.75, 3.05) is 6.54 Å². The first-order valence-corrected chi connectivity index (χ1v) is 8.88. The van der Waals surface area contributed by atoms with Crippen LogP contribution in [0.2, 0.25) is 0 Å². The fourth-order valence-corrected chi connectivity index (χ4v) is 4.24. The SMILES string of the molecule is O=C(NCCc1ccco1)c1cnc2sc3c(n2c1=O)CCCC3. The number of rotatable bonds is 4. The van der Waals surface area contributed by atoms with Crippen molar-refractivity contribution in [3.05, 3.63) is 56.8 Å². The monoisotopic (exact) mass is 343 g/mol. The summed E-state index contributed by atoms with van der Waals surface area (Å²) in [7, 11) is 0. The Bertz CT molecular complexity index is 940. The number of aryl methyl sites for hydroxylation is 2. The standard InChI is InChI=1S/C17H17N3O3S/c21-15(18-8-7-11-4-3-9-23-11)12-10-19-17-20(16(12)22)13-5-1-2-6-14(13)24-17/h3-4,9-10H,1-2,5-8H2,(H,18,21). The second kappa shape index (κ2) is 6.24. The number of hydrogen-bond acceptors (Lipinski definition) is 5. The number of thiazole rings is 1. The van der Waals surface area contributed by atoms with Gasteiger partial charge in [0.2, 0.25) is 0 Å². The molecule has 7 heteroatoms. The maximum atomic E-state index is 12.7. The van der Waals surface area contributed by atoms with Gasteiger partial charge in [-0.25, -0.2) is 4.98 Å². The molecule has 4 rings (SSSR count). The van der Waals surface area contributed by atoms with Crippen LogP contribution in [0, 0.1) is 0 Å². The Kier molecular flexibility index (Phi) is 3.93. The molecule has 24 heavy (non-hydrogen) atoms. The summed E-state index contributed by atoms with van der Waals surface area (Å²) < 4.78 is 6.85. The van der Waals surface area contributed by atoms with Crippen LogP contribution in [0.3, 0.4) is 0 Å². The van der Waals surface area contributed by atoms with Crippen LogP contribution >= 0.6 is 11.3 Å². The number of nitrogens with one attached hydrogen (secondary N) is 1. The van der Waals surface area contributed by atoms with Crippen molar-refractivity contribution in [2.45, 2.75) is 32.1 Å². The van der Waals surface area contributed by atoms with Crippen LogP contribution in [0.15, 0.2) is 33.8 Å². The zero-order chi connectivity index (χ0) is 16.5. The van der Waals surface area contributed by atoms with Gasteiger partial charge >= 0.3 is 0 Å². The summed E-state index contributed by atoms with van der Waals surface area (Å²) in [6, 6.07) is 3.66. The van der Waals surface area contributed by atoms with E-state index in [0.29, 0.717) is 17.9 Å². The Morgan fingerprint density at radius 1 is 1.38 bits per heavy atom.